The van der Waals surface area contributed by atoms with E-state index >= 15 is 0 Å². The van der Waals surface area contributed by atoms with Crippen LogP contribution in [0.15, 0.2) is 4.42 Å². The first-order chi connectivity index (χ1) is 6.60. The van der Waals surface area contributed by atoms with Crippen LogP contribution in [-0.2, 0) is 4.74 Å². The maximum atomic E-state index is 11.1. The number of hydrogen-bond acceptors (Lipinski definition) is 5. The molecule has 0 aromatic carbocycles. The predicted molar refractivity (Wildman–Crippen MR) is 50.7 cm³/mol. The van der Waals surface area contributed by atoms with Crippen molar-refractivity contribution in [3.63, 3.8) is 0 Å². The van der Waals surface area contributed by atoms with Gasteiger partial charge in [-0.1, -0.05) is 15.9 Å². The Labute approximate surface area is 88.6 Å². The molecule has 0 aliphatic heterocycles. The van der Waals surface area contributed by atoms with Crippen LogP contribution in [-0.4, -0.2) is 29.2 Å². The van der Waals surface area contributed by atoms with Gasteiger partial charge in [0.05, 0.1) is 12.4 Å². The number of esters is 1. The molecule has 14 heavy (non-hydrogen) atoms. The van der Waals surface area contributed by atoms with Crippen molar-refractivity contribution in [2.45, 2.75) is 6.92 Å². The Bertz CT molecular complexity index is 371. The van der Waals surface area contributed by atoms with Crippen molar-refractivity contribution in [2.24, 2.45) is 0 Å². The monoisotopic (exact) mass is 261 g/mol. The van der Waals surface area contributed by atoms with Gasteiger partial charge in [0, 0.05) is 0 Å². The third-order valence-corrected chi connectivity index (χ3v) is 2.04. The van der Waals surface area contributed by atoms with Crippen molar-refractivity contribution in [3.8, 4) is 0 Å². The standard InChI is InChI=1S/C8H8BrNO4/c1-4-6(8(12)13-2)10-7(14-4)5(11)3-9/h3H2,1-2H3. The van der Waals surface area contributed by atoms with Crippen molar-refractivity contribution in [2.75, 3.05) is 12.4 Å². The first-order valence-electron chi connectivity index (χ1n) is 3.75. The van der Waals surface area contributed by atoms with Crippen LogP contribution in [0, 0.1) is 6.92 Å². The number of rotatable bonds is 3. The van der Waals surface area contributed by atoms with Crippen molar-refractivity contribution < 1.29 is 18.7 Å². The summed E-state index contributed by atoms with van der Waals surface area (Å²) in [5.74, 6) is -0.732. The number of nitrogens with zero attached hydrogens (tertiary/aromatic N) is 1. The van der Waals surface area contributed by atoms with E-state index in [1.54, 1.807) is 6.92 Å². The maximum Gasteiger partial charge on any atom is 0.360 e. The van der Waals surface area contributed by atoms with Gasteiger partial charge in [0.25, 0.3) is 5.89 Å². The third kappa shape index (κ3) is 2.01. The van der Waals surface area contributed by atoms with E-state index in [4.69, 9.17) is 4.42 Å². The molecule has 0 aliphatic rings. The first kappa shape index (κ1) is 10.9. The van der Waals surface area contributed by atoms with Crippen molar-refractivity contribution in [1.29, 1.82) is 0 Å². The Kier molecular flexibility index (Phi) is 3.40. The smallest absolute Gasteiger partial charge is 0.360 e. The minimum absolute atomic E-state index is 0.0387. The molecule has 1 rings (SSSR count). The van der Waals surface area contributed by atoms with Crippen LogP contribution in [0.4, 0.5) is 0 Å². The second-order valence-electron chi connectivity index (χ2n) is 2.47. The molecule has 0 aliphatic carbocycles. The first-order valence-corrected chi connectivity index (χ1v) is 4.87. The van der Waals surface area contributed by atoms with E-state index in [-0.39, 0.29) is 28.5 Å². The zero-order chi connectivity index (χ0) is 10.7. The number of hydrogen-bond donors (Lipinski definition) is 0. The normalized spacial score (nSPS) is 9.93. The minimum atomic E-state index is -0.611. The van der Waals surface area contributed by atoms with Gasteiger partial charge < -0.3 is 9.15 Å². The van der Waals surface area contributed by atoms with Crippen LogP contribution in [0.5, 0.6) is 0 Å². The van der Waals surface area contributed by atoms with E-state index in [1.165, 1.54) is 7.11 Å². The Morgan fingerprint density at radius 2 is 2.21 bits per heavy atom. The van der Waals surface area contributed by atoms with Crippen LogP contribution < -0.4 is 0 Å². The van der Waals surface area contributed by atoms with Crippen molar-refractivity contribution >= 4 is 27.7 Å². The van der Waals surface area contributed by atoms with Gasteiger partial charge in [-0.3, -0.25) is 4.79 Å². The van der Waals surface area contributed by atoms with E-state index < -0.39 is 5.97 Å². The van der Waals surface area contributed by atoms with Crippen LogP contribution >= 0.6 is 15.9 Å². The van der Waals surface area contributed by atoms with E-state index in [9.17, 15) is 9.59 Å². The molecule has 0 saturated heterocycles. The summed E-state index contributed by atoms with van der Waals surface area (Å²) in [6.07, 6.45) is 0. The highest BCUT2D eigenvalue weighted by atomic mass is 79.9. The van der Waals surface area contributed by atoms with Crippen molar-refractivity contribution in [3.05, 3.63) is 17.3 Å². The van der Waals surface area contributed by atoms with Gasteiger partial charge in [-0.2, -0.15) is 4.98 Å². The number of oxazole rings is 1. The van der Waals surface area contributed by atoms with E-state index in [0.717, 1.165) is 0 Å². The maximum absolute atomic E-state index is 11.1. The number of halogens is 1. The molecule has 5 nitrogen and oxygen atoms in total. The number of aromatic nitrogens is 1. The SMILES string of the molecule is COC(=O)c1nc(C(=O)CBr)oc1C. The number of ketones is 1. The lowest BCUT2D eigenvalue weighted by Crippen LogP contribution is -2.05. The molecular weight excluding hydrogens is 254 g/mol. The number of carbonyl (C=O) groups is 2. The van der Waals surface area contributed by atoms with Gasteiger partial charge >= 0.3 is 5.97 Å². The molecule has 0 amide bonds. The van der Waals surface area contributed by atoms with Crippen LogP contribution in [0.25, 0.3) is 0 Å². The summed E-state index contributed by atoms with van der Waals surface area (Å²) in [4.78, 5) is 26.0. The average Bonchev–Trinajstić information content (AvgIpc) is 2.58. The molecule has 1 heterocycles. The molecule has 0 unspecified atom stereocenters. The van der Waals surface area contributed by atoms with Gasteiger partial charge in [0.15, 0.2) is 5.69 Å². The Morgan fingerprint density at radius 1 is 1.57 bits per heavy atom. The van der Waals surface area contributed by atoms with Crippen LogP contribution in [0.3, 0.4) is 0 Å². The van der Waals surface area contributed by atoms with Gasteiger partial charge in [-0.25, -0.2) is 4.79 Å². The number of ether oxygens (including phenoxy) is 1. The third-order valence-electron chi connectivity index (χ3n) is 1.54. The summed E-state index contributed by atoms with van der Waals surface area (Å²) >= 11 is 2.97. The number of aryl methyl sites for hydroxylation is 1. The minimum Gasteiger partial charge on any atom is -0.464 e. The molecule has 1 aromatic rings. The molecule has 6 heteroatoms. The molecule has 0 spiro atoms. The predicted octanol–water partition coefficient (Wildman–Crippen LogP) is 1.35. The summed E-state index contributed by atoms with van der Waals surface area (Å²) in [7, 11) is 1.24. The van der Waals surface area contributed by atoms with Gasteiger partial charge in [0.1, 0.15) is 5.76 Å². The highest BCUT2D eigenvalue weighted by Crippen LogP contribution is 2.12. The highest BCUT2D eigenvalue weighted by Gasteiger charge is 2.20. The summed E-state index contributed by atoms with van der Waals surface area (Å²) in [5.41, 5.74) is 0.0387. The lowest BCUT2D eigenvalue weighted by Gasteiger charge is -1.91. The largest absolute Gasteiger partial charge is 0.464 e. The second-order valence-corrected chi connectivity index (χ2v) is 3.03. The molecule has 1 aromatic heterocycles. The zero-order valence-corrected chi connectivity index (χ0v) is 9.25. The summed E-state index contributed by atoms with van der Waals surface area (Å²) in [5, 5.41) is 0.105. The quantitative estimate of drug-likeness (QED) is 0.467. The molecule has 0 atom stereocenters. The Balaban J connectivity index is 3.05. The zero-order valence-electron chi connectivity index (χ0n) is 7.67. The van der Waals surface area contributed by atoms with E-state index in [1.807, 2.05) is 0 Å². The fourth-order valence-electron chi connectivity index (χ4n) is 0.859. The summed E-state index contributed by atoms with van der Waals surface area (Å²) < 4.78 is 9.46. The Morgan fingerprint density at radius 3 is 2.71 bits per heavy atom. The molecule has 0 N–H and O–H groups in total. The average molecular weight is 262 g/mol. The Hall–Kier alpha value is -1.17. The summed E-state index contributed by atoms with van der Waals surface area (Å²) in [6.45, 7) is 1.55. The molecule has 0 fully saturated rings. The molecule has 76 valence electrons. The second kappa shape index (κ2) is 4.36. The van der Waals surface area contributed by atoms with E-state index in [2.05, 4.69) is 25.7 Å². The lowest BCUT2D eigenvalue weighted by atomic mass is 10.4. The lowest BCUT2D eigenvalue weighted by molar-refractivity contribution is 0.0593. The molecule has 0 bridgehead atoms. The van der Waals surface area contributed by atoms with Gasteiger partial charge in [0.2, 0.25) is 5.78 Å². The van der Waals surface area contributed by atoms with E-state index in [0.29, 0.717) is 0 Å². The molecular formula is C8H8BrNO4. The van der Waals surface area contributed by atoms with Crippen LogP contribution in [0.2, 0.25) is 0 Å². The van der Waals surface area contributed by atoms with Gasteiger partial charge in [-0.05, 0) is 6.92 Å². The van der Waals surface area contributed by atoms with Crippen molar-refractivity contribution in [1.82, 2.24) is 4.98 Å². The fraction of sp³-hybridized carbons (Fsp3) is 0.375. The van der Waals surface area contributed by atoms with Gasteiger partial charge in [-0.15, -0.1) is 0 Å². The fourth-order valence-corrected chi connectivity index (χ4v) is 1.10. The molecule has 0 radical (unpaired) electrons. The highest BCUT2D eigenvalue weighted by molar-refractivity contribution is 9.09. The number of methoxy groups -OCH3 is 1. The molecule has 0 saturated carbocycles. The number of alkyl halides is 1. The van der Waals surface area contributed by atoms with Crippen LogP contribution in [0.1, 0.15) is 26.9 Å². The topological polar surface area (TPSA) is 69.4 Å². The number of carbonyl (C=O) groups excluding carboxylic acids is 2. The number of Topliss-reactive ketones (excluding diaryl/α,β-unsaturated/α-hetero) is 1. The summed E-state index contributed by atoms with van der Waals surface area (Å²) in [6, 6.07) is 0.